The van der Waals surface area contributed by atoms with Crippen LogP contribution in [0.2, 0.25) is 0 Å². The van der Waals surface area contributed by atoms with Crippen LogP contribution in [-0.4, -0.2) is 5.11 Å². The van der Waals surface area contributed by atoms with Crippen molar-refractivity contribution in [3.63, 3.8) is 0 Å². The van der Waals surface area contributed by atoms with Gasteiger partial charge in [0.25, 0.3) is 0 Å². The molecule has 1 heteroatoms. The molecule has 0 heterocycles. The van der Waals surface area contributed by atoms with Crippen molar-refractivity contribution >= 4 is 0 Å². The maximum Gasteiger partial charge on any atom is 0.100 e. The third-order valence-corrected chi connectivity index (χ3v) is 7.47. The number of hydrogen-bond donors (Lipinski definition) is 1. The Bertz CT molecular complexity index is 547. The van der Waals surface area contributed by atoms with E-state index in [0.717, 1.165) is 11.5 Å². The first-order valence-corrected chi connectivity index (χ1v) is 8.71. The van der Waals surface area contributed by atoms with Gasteiger partial charge in [0.2, 0.25) is 0 Å². The summed E-state index contributed by atoms with van der Waals surface area (Å²) in [6.07, 6.45) is 7.70. The quantitative estimate of drug-likeness (QED) is 0.811. The first-order chi connectivity index (χ1) is 9.88. The van der Waals surface area contributed by atoms with Crippen molar-refractivity contribution < 1.29 is 5.11 Å². The average Bonchev–Trinajstić information content (AvgIpc) is 2.86. The molecular formula is C20H28O. The fraction of sp³-hybridized carbons (Fsp3) is 0.700. The standard InChI is InChI=1S/C20H28O/c1-18(2)17-11-12-19(3,13-17)20(18,21)16-9-7-15(8-10-16)14-5-4-6-14/h7-10,14,17,21H,4-6,11-13H2,1-3H3. The van der Waals surface area contributed by atoms with Gasteiger partial charge in [-0.3, -0.25) is 0 Å². The highest BCUT2D eigenvalue weighted by Crippen LogP contribution is 2.71. The van der Waals surface area contributed by atoms with E-state index in [0.29, 0.717) is 5.92 Å². The Hall–Kier alpha value is -0.820. The van der Waals surface area contributed by atoms with E-state index in [1.54, 1.807) is 0 Å². The molecule has 3 saturated carbocycles. The van der Waals surface area contributed by atoms with E-state index in [9.17, 15) is 5.11 Å². The minimum Gasteiger partial charge on any atom is -0.384 e. The molecule has 1 aromatic carbocycles. The van der Waals surface area contributed by atoms with E-state index in [1.807, 2.05) is 0 Å². The van der Waals surface area contributed by atoms with Crippen molar-refractivity contribution in [3.05, 3.63) is 35.4 Å². The number of fused-ring (bicyclic) bond motifs is 2. The molecule has 1 aromatic rings. The molecule has 114 valence electrons. The Kier molecular flexibility index (Phi) is 2.72. The van der Waals surface area contributed by atoms with E-state index < -0.39 is 5.60 Å². The number of hydrogen-bond acceptors (Lipinski definition) is 1. The minimum absolute atomic E-state index is 0.0159. The van der Waals surface area contributed by atoms with Crippen LogP contribution in [0, 0.1) is 16.7 Å². The van der Waals surface area contributed by atoms with Crippen LogP contribution in [0.4, 0.5) is 0 Å². The number of rotatable bonds is 2. The molecule has 2 bridgehead atoms. The van der Waals surface area contributed by atoms with Gasteiger partial charge >= 0.3 is 0 Å². The maximum atomic E-state index is 11.7. The molecule has 3 atom stereocenters. The first-order valence-electron chi connectivity index (χ1n) is 8.71. The zero-order valence-corrected chi connectivity index (χ0v) is 13.7. The minimum atomic E-state index is -0.666. The van der Waals surface area contributed by atoms with Crippen LogP contribution in [-0.2, 0) is 5.60 Å². The maximum absolute atomic E-state index is 11.7. The van der Waals surface area contributed by atoms with E-state index in [-0.39, 0.29) is 10.8 Å². The Labute approximate surface area is 128 Å². The molecule has 1 N–H and O–H groups in total. The SMILES string of the molecule is CC12CCC(C1)C(C)(C)C2(O)c1ccc(C2CCC2)cc1. The van der Waals surface area contributed by atoms with Gasteiger partial charge in [0, 0.05) is 10.8 Å². The molecule has 0 aliphatic heterocycles. The molecule has 0 spiro atoms. The van der Waals surface area contributed by atoms with Crippen LogP contribution in [0.15, 0.2) is 24.3 Å². The molecule has 0 amide bonds. The van der Waals surface area contributed by atoms with Crippen LogP contribution < -0.4 is 0 Å². The highest BCUT2D eigenvalue weighted by atomic mass is 16.3. The predicted molar refractivity (Wildman–Crippen MR) is 86.2 cm³/mol. The van der Waals surface area contributed by atoms with Gasteiger partial charge in [-0.2, -0.15) is 0 Å². The topological polar surface area (TPSA) is 20.2 Å². The van der Waals surface area contributed by atoms with Crippen molar-refractivity contribution in [2.45, 2.75) is 70.8 Å². The summed E-state index contributed by atoms with van der Waals surface area (Å²) < 4.78 is 0. The normalized spacial score (nSPS) is 41.2. The summed E-state index contributed by atoms with van der Waals surface area (Å²) in [7, 11) is 0. The fourth-order valence-corrected chi connectivity index (χ4v) is 5.72. The average molecular weight is 284 g/mol. The second kappa shape index (κ2) is 4.13. The molecule has 3 fully saturated rings. The summed E-state index contributed by atoms with van der Waals surface area (Å²) in [6, 6.07) is 9.01. The Balaban J connectivity index is 1.74. The summed E-state index contributed by atoms with van der Waals surface area (Å²) >= 11 is 0. The van der Waals surface area contributed by atoms with Gasteiger partial charge in [-0.15, -0.1) is 0 Å². The number of aliphatic hydroxyl groups is 1. The lowest BCUT2D eigenvalue weighted by molar-refractivity contribution is -0.150. The van der Waals surface area contributed by atoms with Crippen molar-refractivity contribution in [1.29, 1.82) is 0 Å². The zero-order valence-electron chi connectivity index (χ0n) is 13.7. The monoisotopic (exact) mass is 284 g/mol. The lowest BCUT2D eigenvalue weighted by atomic mass is 9.57. The molecule has 3 unspecified atom stereocenters. The predicted octanol–water partition coefficient (Wildman–Crippen LogP) is 4.99. The van der Waals surface area contributed by atoms with E-state index in [2.05, 4.69) is 45.0 Å². The molecule has 3 aliphatic carbocycles. The summed E-state index contributed by atoms with van der Waals surface area (Å²) in [5.74, 6) is 1.44. The Morgan fingerprint density at radius 2 is 1.67 bits per heavy atom. The van der Waals surface area contributed by atoms with Gasteiger partial charge in [0.15, 0.2) is 0 Å². The van der Waals surface area contributed by atoms with Gasteiger partial charge in [-0.05, 0) is 55.1 Å². The second-order valence-electron chi connectivity index (χ2n) is 8.68. The molecule has 21 heavy (non-hydrogen) atoms. The van der Waals surface area contributed by atoms with Gasteiger partial charge in [-0.1, -0.05) is 51.5 Å². The summed E-state index contributed by atoms with van der Waals surface area (Å²) in [6.45, 7) is 6.87. The van der Waals surface area contributed by atoms with Crippen molar-refractivity contribution in [2.75, 3.05) is 0 Å². The van der Waals surface area contributed by atoms with Gasteiger partial charge < -0.3 is 5.11 Å². The van der Waals surface area contributed by atoms with E-state index >= 15 is 0 Å². The molecule has 0 radical (unpaired) electrons. The van der Waals surface area contributed by atoms with Crippen molar-refractivity contribution in [2.24, 2.45) is 16.7 Å². The van der Waals surface area contributed by atoms with Crippen LogP contribution in [0.3, 0.4) is 0 Å². The summed E-state index contributed by atoms with van der Waals surface area (Å²) in [5, 5.41) is 11.7. The third kappa shape index (κ3) is 1.56. The largest absolute Gasteiger partial charge is 0.384 e. The van der Waals surface area contributed by atoms with Crippen LogP contribution in [0.5, 0.6) is 0 Å². The van der Waals surface area contributed by atoms with E-state index in [1.165, 1.54) is 44.1 Å². The smallest absolute Gasteiger partial charge is 0.100 e. The third-order valence-electron chi connectivity index (χ3n) is 7.47. The Morgan fingerprint density at radius 3 is 2.14 bits per heavy atom. The zero-order chi connectivity index (χ0) is 14.9. The van der Waals surface area contributed by atoms with E-state index in [4.69, 9.17) is 0 Å². The Morgan fingerprint density at radius 1 is 1.00 bits per heavy atom. The van der Waals surface area contributed by atoms with Crippen molar-refractivity contribution in [3.8, 4) is 0 Å². The lowest BCUT2D eigenvalue weighted by Gasteiger charge is -2.51. The molecule has 3 aliphatic rings. The van der Waals surface area contributed by atoms with Gasteiger partial charge in [-0.25, -0.2) is 0 Å². The molecule has 0 aromatic heterocycles. The molecule has 1 nitrogen and oxygen atoms in total. The van der Waals surface area contributed by atoms with Crippen molar-refractivity contribution in [1.82, 2.24) is 0 Å². The van der Waals surface area contributed by atoms with Crippen LogP contribution in [0.1, 0.15) is 76.3 Å². The first kappa shape index (κ1) is 13.8. The summed E-state index contributed by atoms with van der Waals surface area (Å²) in [4.78, 5) is 0. The fourth-order valence-electron chi connectivity index (χ4n) is 5.72. The second-order valence-corrected chi connectivity index (χ2v) is 8.68. The highest BCUT2D eigenvalue weighted by molar-refractivity contribution is 5.36. The lowest BCUT2D eigenvalue weighted by Crippen LogP contribution is -2.51. The summed E-state index contributed by atoms with van der Waals surface area (Å²) in [5.41, 5.74) is 2.00. The van der Waals surface area contributed by atoms with Crippen LogP contribution >= 0.6 is 0 Å². The highest BCUT2D eigenvalue weighted by Gasteiger charge is 2.68. The van der Waals surface area contributed by atoms with Gasteiger partial charge in [0.1, 0.15) is 5.60 Å². The van der Waals surface area contributed by atoms with Crippen LogP contribution in [0.25, 0.3) is 0 Å². The molecule has 0 saturated heterocycles. The van der Waals surface area contributed by atoms with Gasteiger partial charge in [0.05, 0.1) is 0 Å². The number of benzene rings is 1. The molecule has 4 rings (SSSR count). The molecular weight excluding hydrogens is 256 g/mol.